The third kappa shape index (κ3) is 4.51. The molecule has 2 aromatic rings. The molecule has 2 unspecified atom stereocenters. The highest BCUT2D eigenvalue weighted by molar-refractivity contribution is 6.30. The molecule has 1 aliphatic rings. The van der Waals surface area contributed by atoms with E-state index in [4.69, 9.17) is 11.6 Å². The van der Waals surface area contributed by atoms with Gasteiger partial charge in [-0.05, 0) is 54.9 Å². The zero-order valence-electron chi connectivity index (χ0n) is 13.7. The Morgan fingerprint density at radius 3 is 2.71 bits per heavy atom. The molecule has 24 heavy (non-hydrogen) atoms. The Labute approximate surface area is 148 Å². The highest BCUT2D eigenvalue weighted by Crippen LogP contribution is 2.37. The molecular weight excluding hydrogens is 320 g/mol. The van der Waals surface area contributed by atoms with E-state index in [1.54, 1.807) is 0 Å². The Bertz CT molecular complexity index is 687. The summed E-state index contributed by atoms with van der Waals surface area (Å²) in [5.74, 6) is 1.74. The standard InChI is InChI=1S/C20H23ClN2O/c21-18-10-5-11-19(14-18)22-20(23-24)13-15-6-4-9-17(12-15)16-7-2-1-3-8-16/h1-3,5,7-8,10-11,14-15,17,24H,4,6,9,12-13H2,(H,22,23). The van der Waals surface area contributed by atoms with Crippen molar-refractivity contribution in [1.82, 2.24) is 0 Å². The van der Waals surface area contributed by atoms with Gasteiger partial charge in [0.05, 0.1) is 0 Å². The van der Waals surface area contributed by atoms with Crippen LogP contribution in [0.4, 0.5) is 5.69 Å². The van der Waals surface area contributed by atoms with Crippen molar-refractivity contribution in [2.45, 2.75) is 38.0 Å². The van der Waals surface area contributed by atoms with Crippen LogP contribution in [0.15, 0.2) is 59.8 Å². The fraction of sp³-hybridized carbons (Fsp3) is 0.350. The number of oxime groups is 1. The average Bonchev–Trinajstić information content (AvgIpc) is 2.62. The Morgan fingerprint density at radius 1 is 1.12 bits per heavy atom. The molecule has 2 aromatic carbocycles. The molecule has 0 saturated heterocycles. The molecule has 1 saturated carbocycles. The van der Waals surface area contributed by atoms with Crippen molar-refractivity contribution < 1.29 is 5.21 Å². The maximum absolute atomic E-state index is 9.36. The lowest BCUT2D eigenvalue weighted by atomic mass is 9.76. The zero-order chi connectivity index (χ0) is 16.8. The van der Waals surface area contributed by atoms with Gasteiger partial charge in [-0.2, -0.15) is 0 Å². The number of nitrogens with one attached hydrogen (secondary N) is 1. The SMILES string of the molecule is O/N=C(/CC1CCCC(c2ccccc2)C1)Nc1cccc(Cl)c1. The zero-order valence-corrected chi connectivity index (χ0v) is 14.4. The first kappa shape index (κ1) is 16.8. The van der Waals surface area contributed by atoms with Crippen LogP contribution in [0.25, 0.3) is 0 Å². The van der Waals surface area contributed by atoms with Crippen molar-refractivity contribution in [2.75, 3.05) is 5.32 Å². The Hall–Kier alpha value is -2.00. The number of anilines is 1. The number of halogens is 1. The van der Waals surface area contributed by atoms with Crippen LogP contribution in [0, 0.1) is 5.92 Å². The maximum atomic E-state index is 9.36. The molecule has 0 bridgehead atoms. The van der Waals surface area contributed by atoms with Crippen LogP contribution in [-0.2, 0) is 0 Å². The lowest BCUT2D eigenvalue weighted by molar-refractivity contribution is 0.304. The van der Waals surface area contributed by atoms with Crippen molar-refractivity contribution in [3.63, 3.8) is 0 Å². The van der Waals surface area contributed by atoms with E-state index in [0.717, 1.165) is 18.5 Å². The second-order valence-electron chi connectivity index (χ2n) is 6.53. The van der Waals surface area contributed by atoms with E-state index in [9.17, 15) is 5.21 Å². The summed E-state index contributed by atoms with van der Waals surface area (Å²) >= 11 is 6.01. The van der Waals surface area contributed by atoms with Crippen LogP contribution < -0.4 is 5.32 Å². The quantitative estimate of drug-likeness (QED) is 0.314. The van der Waals surface area contributed by atoms with Gasteiger partial charge in [-0.1, -0.05) is 59.6 Å². The van der Waals surface area contributed by atoms with Crippen LogP contribution in [-0.4, -0.2) is 11.0 Å². The molecule has 0 heterocycles. The molecule has 2 N–H and O–H groups in total. The second kappa shape index (κ2) is 8.20. The van der Waals surface area contributed by atoms with Gasteiger partial charge >= 0.3 is 0 Å². The Balaban J connectivity index is 1.61. The van der Waals surface area contributed by atoms with Gasteiger partial charge in [-0.25, -0.2) is 0 Å². The Morgan fingerprint density at radius 2 is 1.96 bits per heavy atom. The van der Waals surface area contributed by atoms with Crippen LogP contribution in [0.2, 0.25) is 5.02 Å². The summed E-state index contributed by atoms with van der Waals surface area (Å²) in [6.45, 7) is 0. The molecule has 4 heteroatoms. The number of hydrogen-bond donors (Lipinski definition) is 2. The molecule has 3 rings (SSSR count). The topological polar surface area (TPSA) is 44.6 Å². The first-order valence-electron chi connectivity index (χ1n) is 8.53. The van der Waals surface area contributed by atoms with Gasteiger partial charge in [0.15, 0.2) is 0 Å². The van der Waals surface area contributed by atoms with Crippen LogP contribution in [0.1, 0.15) is 43.6 Å². The third-order valence-corrected chi connectivity index (χ3v) is 5.00. The first-order chi connectivity index (χ1) is 11.7. The van der Waals surface area contributed by atoms with Gasteiger partial charge in [-0.15, -0.1) is 0 Å². The highest BCUT2D eigenvalue weighted by atomic mass is 35.5. The molecule has 0 spiro atoms. The number of benzene rings is 2. The van der Waals surface area contributed by atoms with Gasteiger partial charge < -0.3 is 10.5 Å². The summed E-state index contributed by atoms with van der Waals surface area (Å²) < 4.78 is 0. The normalized spacial score (nSPS) is 21.5. The monoisotopic (exact) mass is 342 g/mol. The molecule has 2 atom stereocenters. The number of rotatable bonds is 4. The molecule has 3 nitrogen and oxygen atoms in total. The lowest BCUT2D eigenvalue weighted by Gasteiger charge is -2.29. The fourth-order valence-corrected chi connectivity index (χ4v) is 3.82. The molecule has 1 fully saturated rings. The minimum absolute atomic E-state index is 0.529. The van der Waals surface area contributed by atoms with E-state index in [0.29, 0.717) is 22.7 Å². The average molecular weight is 343 g/mol. The second-order valence-corrected chi connectivity index (χ2v) is 6.96. The van der Waals surface area contributed by atoms with Crippen molar-refractivity contribution in [3.8, 4) is 0 Å². The highest BCUT2D eigenvalue weighted by Gasteiger charge is 2.24. The van der Waals surface area contributed by atoms with E-state index in [1.165, 1.54) is 24.8 Å². The van der Waals surface area contributed by atoms with Crippen LogP contribution >= 0.6 is 11.6 Å². The van der Waals surface area contributed by atoms with E-state index in [1.807, 2.05) is 24.3 Å². The maximum Gasteiger partial charge on any atom is 0.146 e. The summed E-state index contributed by atoms with van der Waals surface area (Å²) in [5.41, 5.74) is 2.28. The summed E-state index contributed by atoms with van der Waals surface area (Å²) in [4.78, 5) is 0. The van der Waals surface area contributed by atoms with Crippen LogP contribution in [0.3, 0.4) is 0 Å². The summed E-state index contributed by atoms with van der Waals surface area (Å²) in [6, 6.07) is 18.2. The first-order valence-corrected chi connectivity index (χ1v) is 8.91. The van der Waals surface area contributed by atoms with E-state index < -0.39 is 0 Å². The van der Waals surface area contributed by atoms with E-state index >= 15 is 0 Å². The molecule has 0 aromatic heterocycles. The molecule has 0 amide bonds. The lowest BCUT2D eigenvalue weighted by Crippen LogP contribution is -2.21. The Kier molecular flexibility index (Phi) is 5.76. The molecule has 1 aliphatic carbocycles. The molecule has 0 radical (unpaired) electrons. The van der Waals surface area contributed by atoms with Crippen molar-refractivity contribution in [2.24, 2.45) is 11.1 Å². The van der Waals surface area contributed by atoms with Gasteiger partial charge in [0.2, 0.25) is 0 Å². The largest absolute Gasteiger partial charge is 0.409 e. The minimum Gasteiger partial charge on any atom is -0.409 e. The van der Waals surface area contributed by atoms with Crippen molar-refractivity contribution >= 4 is 23.1 Å². The van der Waals surface area contributed by atoms with Gasteiger partial charge in [-0.3, -0.25) is 0 Å². The minimum atomic E-state index is 0.529. The summed E-state index contributed by atoms with van der Waals surface area (Å²) in [6.07, 6.45) is 5.54. The smallest absolute Gasteiger partial charge is 0.146 e. The van der Waals surface area contributed by atoms with Gasteiger partial charge in [0.25, 0.3) is 0 Å². The van der Waals surface area contributed by atoms with Gasteiger partial charge in [0, 0.05) is 17.1 Å². The number of nitrogens with zero attached hydrogens (tertiary/aromatic N) is 1. The van der Waals surface area contributed by atoms with Crippen molar-refractivity contribution in [3.05, 3.63) is 65.2 Å². The van der Waals surface area contributed by atoms with Crippen LogP contribution in [0.5, 0.6) is 0 Å². The predicted octanol–water partition coefficient (Wildman–Crippen LogP) is 5.90. The van der Waals surface area contributed by atoms with Crippen molar-refractivity contribution in [1.29, 1.82) is 0 Å². The number of hydrogen-bond acceptors (Lipinski definition) is 2. The van der Waals surface area contributed by atoms with Gasteiger partial charge in [0.1, 0.15) is 5.84 Å². The summed E-state index contributed by atoms with van der Waals surface area (Å²) in [5, 5.41) is 16.7. The third-order valence-electron chi connectivity index (χ3n) is 4.77. The molecular formula is C20H23ClN2O. The molecule has 126 valence electrons. The van der Waals surface area contributed by atoms with E-state index in [2.05, 4.69) is 40.8 Å². The number of amidine groups is 1. The fourth-order valence-electron chi connectivity index (χ4n) is 3.63. The predicted molar refractivity (Wildman–Crippen MR) is 100 cm³/mol. The molecule has 0 aliphatic heterocycles. The van der Waals surface area contributed by atoms with E-state index in [-0.39, 0.29) is 0 Å². The summed E-state index contributed by atoms with van der Waals surface area (Å²) in [7, 11) is 0.